The van der Waals surface area contributed by atoms with Gasteiger partial charge in [-0.3, -0.25) is 14.8 Å². The first kappa shape index (κ1) is 28.5. The van der Waals surface area contributed by atoms with Crippen LogP contribution in [0.4, 0.5) is 10.2 Å². The summed E-state index contributed by atoms with van der Waals surface area (Å²) in [6.45, 7) is 16.6. The fraction of sp³-hybridized carbons (Fsp3) is 0.600. The number of piperidine rings is 1. The van der Waals surface area contributed by atoms with Gasteiger partial charge in [-0.05, 0) is 43.4 Å². The number of rotatable bonds is 9. The molecule has 5 aliphatic rings. The summed E-state index contributed by atoms with van der Waals surface area (Å²) in [6.07, 6.45) is 9.63. The lowest BCUT2D eigenvalue weighted by molar-refractivity contribution is -0.111. The highest BCUT2D eigenvalue weighted by molar-refractivity contribution is 6.30. The number of likely N-dealkylation sites (tertiary alicyclic amines) is 3. The first-order valence-electron chi connectivity index (χ1n) is 14.9. The molecule has 2 N–H and O–H groups in total. The van der Waals surface area contributed by atoms with E-state index in [1.54, 1.807) is 18.3 Å². The normalized spacial score (nSPS) is 24.7. The van der Waals surface area contributed by atoms with Gasteiger partial charge in [0, 0.05) is 107 Å². The van der Waals surface area contributed by atoms with E-state index in [1.165, 1.54) is 58.2 Å². The number of nitrogens with one attached hydrogen (secondary N) is 2. The van der Waals surface area contributed by atoms with Crippen molar-refractivity contribution in [3.8, 4) is 0 Å². The summed E-state index contributed by atoms with van der Waals surface area (Å²) >= 11 is 6.11. The van der Waals surface area contributed by atoms with Gasteiger partial charge >= 0.3 is 0 Å². The van der Waals surface area contributed by atoms with Crippen molar-refractivity contribution < 1.29 is 4.39 Å². The number of aliphatic imine (C=N–C) groups is 1. The third-order valence-corrected chi connectivity index (χ3v) is 9.80. The smallest absolute Gasteiger partial charge is 0.200 e. The van der Waals surface area contributed by atoms with Crippen molar-refractivity contribution in [2.24, 2.45) is 10.4 Å². The SMILES string of the molecule is C=C(F)/C=C(/Nc1cc(Cl)ccn1)[C@@H](C)N(C)/C=C\N1CCN=C1N1CCC2(CC1)CN(C1CN(C3CNC3)C1)C2. The lowest BCUT2D eigenvalue weighted by atomic mass is 9.71. The predicted octanol–water partition coefficient (Wildman–Crippen LogP) is 3.03. The Balaban J connectivity index is 0.991. The van der Waals surface area contributed by atoms with Crippen molar-refractivity contribution in [3.63, 3.8) is 0 Å². The van der Waals surface area contributed by atoms with Gasteiger partial charge < -0.3 is 25.3 Å². The number of hydrogen-bond acceptors (Lipinski definition) is 9. The second-order valence-corrected chi connectivity index (χ2v) is 12.8. The van der Waals surface area contributed by atoms with E-state index in [-0.39, 0.29) is 6.04 Å². The molecule has 0 radical (unpaired) electrons. The van der Waals surface area contributed by atoms with Gasteiger partial charge in [0.05, 0.1) is 12.6 Å². The van der Waals surface area contributed by atoms with Crippen LogP contribution in [0, 0.1) is 5.41 Å². The van der Waals surface area contributed by atoms with Crippen LogP contribution in [0.1, 0.15) is 19.8 Å². The second-order valence-electron chi connectivity index (χ2n) is 12.4. The minimum Gasteiger partial charge on any atom is -0.371 e. The molecule has 0 saturated carbocycles. The van der Waals surface area contributed by atoms with Crippen molar-refractivity contribution in [2.75, 3.05) is 77.8 Å². The fourth-order valence-corrected chi connectivity index (χ4v) is 6.74. The standard InChI is InChI=1S/C30H43ClFN9/c1-22(32)14-27(36-28-15-24(31)4-7-34-28)23(2)37(3)12-13-39-11-8-35-29(39)38-9-5-30(6-10-38)20-41(21-30)26-18-40(19-26)25-16-33-17-25/h4,7,12-15,23,25-26,33H,1,5-6,8-11,16-21H2,2-3H3,(H,34,36)/b13-12-,27-14+/t23-/m1/s1. The minimum atomic E-state index is -0.522. The van der Waals surface area contributed by atoms with Gasteiger partial charge in [-0.15, -0.1) is 0 Å². The minimum absolute atomic E-state index is 0.160. The molecule has 0 unspecified atom stereocenters. The molecule has 0 bridgehead atoms. The van der Waals surface area contributed by atoms with E-state index in [0.29, 0.717) is 22.0 Å². The molecule has 11 heteroatoms. The number of hydrogen-bond donors (Lipinski definition) is 2. The number of nitrogens with zero attached hydrogens (tertiary/aromatic N) is 7. The molecule has 41 heavy (non-hydrogen) atoms. The van der Waals surface area contributed by atoms with Gasteiger partial charge in [0.2, 0.25) is 5.96 Å². The number of likely N-dealkylation sites (N-methyl/N-ethyl adjacent to an activating group) is 1. The second kappa shape index (κ2) is 11.9. The van der Waals surface area contributed by atoms with E-state index >= 15 is 0 Å². The monoisotopic (exact) mass is 583 g/mol. The molecule has 6 heterocycles. The molecular formula is C30H43ClFN9. The van der Waals surface area contributed by atoms with Gasteiger partial charge in [0.15, 0.2) is 0 Å². The van der Waals surface area contributed by atoms with E-state index in [2.05, 4.69) is 48.0 Å². The van der Waals surface area contributed by atoms with E-state index in [1.807, 2.05) is 25.1 Å². The van der Waals surface area contributed by atoms with Gasteiger partial charge in [-0.2, -0.15) is 0 Å². The summed E-state index contributed by atoms with van der Waals surface area (Å²) in [4.78, 5) is 21.3. The quantitative estimate of drug-likeness (QED) is 0.430. The Morgan fingerprint density at radius 1 is 1.22 bits per heavy atom. The molecule has 9 nitrogen and oxygen atoms in total. The maximum atomic E-state index is 13.8. The van der Waals surface area contributed by atoms with E-state index in [4.69, 9.17) is 16.6 Å². The molecule has 1 atom stereocenters. The molecule has 0 amide bonds. The summed E-state index contributed by atoms with van der Waals surface area (Å²) in [5.41, 5.74) is 1.14. The summed E-state index contributed by atoms with van der Waals surface area (Å²) in [5.74, 6) is 1.11. The number of aromatic nitrogens is 1. The van der Waals surface area contributed by atoms with Gasteiger partial charge in [-0.25, -0.2) is 9.37 Å². The topological polar surface area (TPSA) is 65.5 Å². The Kier molecular flexibility index (Phi) is 8.27. The fourth-order valence-electron chi connectivity index (χ4n) is 6.58. The first-order valence-corrected chi connectivity index (χ1v) is 15.3. The molecule has 1 aromatic heterocycles. The third-order valence-electron chi connectivity index (χ3n) is 9.57. The maximum Gasteiger partial charge on any atom is 0.200 e. The number of halogens is 2. The highest BCUT2D eigenvalue weighted by Gasteiger charge is 2.50. The van der Waals surface area contributed by atoms with Gasteiger partial charge in [0.1, 0.15) is 11.6 Å². The van der Waals surface area contributed by atoms with Crippen LogP contribution in [0.3, 0.4) is 0 Å². The molecule has 4 saturated heterocycles. The number of guanidine groups is 1. The average molecular weight is 584 g/mol. The van der Waals surface area contributed by atoms with E-state index in [9.17, 15) is 4.39 Å². The summed E-state index contributed by atoms with van der Waals surface area (Å²) < 4.78 is 13.8. The van der Waals surface area contributed by atoms with Crippen LogP contribution in [-0.2, 0) is 0 Å². The van der Waals surface area contributed by atoms with Crippen molar-refractivity contribution in [1.82, 2.24) is 34.8 Å². The van der Waals surface area contributed by atoms with Crippen molar-refractivity contribution in [2.45, 2.75) is 37.9 Å². The van der Waals surface area contributed by atoms with Crippen molar-refractivity contribution in [1.29, 1.82) is 0 Å². The molecule has 0 aliphatic carbocycles. The number of pyridine rings is 1. The van der Waals surface area contributed by atoms with Crippen LogP contribution < -0.4 is 10.6 Å². The number of allylic oxidation sites excluding steroid dienone is 2. The summed E-state index contributed by atoms with van der Waals surface area (Å²) in [5, 5.41) is 7.16. The van der Waals surface area contributed by atoms with Crippen LogP contribution in [-0.4, -0.2) is 126 Å². The lowest BCUT2D eigenvalue weighted by Gasteiger charge is -2.61. The van der Waals surface area contributed by atoms with Gasteiger partial charge in [0.25, 0.3) is 0 Å². The molecule has 222 valence electrons. The summed E-state index contributed by atoms with van der Waals surface area (Å²) in [6, 6.07) is 4.82. The van der Waals surface area contributed by atoms with E-state index in [0.717, 1.165) is 44.2 Å². The molecule has 1 aromatic rings. The predicted molar refractivity (Wildman–Crippen MR) is 163 cm³/mol. The highest BCUT2D eigenvalue weighted by Crippen LogP contribution is 2.43. The maximum absolute atomic E-state index is 13.8. The number of anilines is 1. The Bertz CT molecular complexity index is 1190. The highest BCUT2D eigenvalue weighted by atomic mass is 35.5. The van der Waals surface area contributed by atoms with Crippen molar-refractivity contribution >= 4 is 23.4 Å². The van der Waals surface area contributed by atoms with E-state index < -0.39 is 5.83 Å². The Morgan fingerprint density at radius 3 is 2.63 bits per heavy atom. The Morgan fingerprint density at radius 2 is 1.98 bits per heavy atom. The average Bonchev–Trinajstić information content (AvgIpc) is 3.34. The van der Waals surface area contributed by atoms with Gasteiger partial charge in [-0.1, -0.05) is 18.2 Å². The van der Waals surface area contributed by atoms with Crippen LogP contribution in [0.2, 0.25) is 5.02 Å². The zero-order valence-corrected chi connectivity index (χ0v) is 25.0. The lowest BCUT2D eigenvalue weighted by Crippen LogP contribution is -2.73. The molecule has 5 aliphatic heterocycles. The third kappa shape index (κ3) is 6.26. The molecule has 4 fully saturated rings. The van der Waals surface area contributed by atoms with Crippen molar-refractivity contribution in [3.05, 3.63) is 59.9 Å². The molecule has 1 spiro atoms. The zero-order chi connectivity index (χ0) is 28.6. The molecule has 6 rings (SSSR count). The van der Waals surface area contributed by atoms with Crippen LogP contribution in [0.5, 0.6) is 0 Å². The van der Waals surface area contributed by atoms with Crippen LogP contribution in [0.25, 0.3) is 0 Å². The van der Waals surface area contributed by atoms with Crippen LogP contribution >= 0.6 is 11.6 Å². The Labute approximate surface area is 248 Å². The Hall–Kier alpha value is -2.66. The largest absolute Gasteiger partial charge is 0.371 e. The van der Waals surface area contributed by atoms with Crippen LogP contribution in [0.15, 0.2) is 59.9 Å². The summed E-state index contributed by atoms with van der Waals surface area (Å²) in [7, 11) is 1.98. The first-order chi connectivity index (χ1) is 19.8. The molecule has 0 aromatic carbocycles. The molecular weight excluding hydrogens is 541 g/mol. The zero-order valence-electron chi connectivity index (χ0n) is 24.3.